The van der Waals surface area contributed by atoms with Gasteiger partial charge >= 0.3 is 0 Å². The maximum Gasteiger partial charge on any atom is 0.260 e. The highest BCUT2D eigenvalue weighted by molar-refractivity contribution is 9.10. The molecule has 4 aromatic rings. The van der Waals surface area contributed by atoms with Gasteiger partial charge in [0, 0.05) is 34.2 Å². The molecular formula is C19H15BrN6O. The summed E-state index contributed by atoms with van der Waals surface area (Å²) in [4.78, 5) is 16.6. The summed E-state index contributed by atoms with van der Waals surface area (Å²) in [6.07, 6.45) is 6.64. The Morgan fingerprint density at radius 3 is 2.63 bits per heavy atom. The van der Waals surface area contributed by atoms with E-state index in [9.17, 15) is 4.79 Å². The van der Waals surface area contributed by atoms with Gasteiger partial charge in [0.2, 0.25) is 0 Å². The van der Waals surface area contributed by atoms with Crippen LogP contribution in [0.15, 0.2) is 65.7 Å². The van der Waals surface area contributed by atoms with Crippen molar-refractivity contribution in [3.8, 4) is 16.9 Å². The highest BCUT2D eigenvalue weighted by Crippen LogP contribution is 2.25. The van der Waals surface area contributed by atoms with E-state index in [2.05, 4.69) is 41.5 Å². The fourth-order valence-corrected chi connectivity index (χ4v) is 2.94. The highest BCUT2D eigenvalue weighted by atomic mass is 79.9. The largest absolute Gasteiger partial charge is 0.305 e. The minimum atomic E-state index is -0.269. The topological polar surface area (TPSA) is 88.5 Å². The Kier molecular flexibility index (Phi) is 4.55. The maximum absolute atomic E-state index is 12.6. The summed E-state index contributed by atoms with van der Waals surface area (Å²) in [5.74, 6) is 0.220. The lowest BCUT2D eigenvalue weighted by Gasteiger charge is -2.02. The Morgan fingerprint density at radius 1 is 1.15 bits per heavy atom. The zero-order valence-electron chi connectivity index (χ0n) is 14.3. The van der Waals surface area contributed by atoms with Crippen molar-refractivity contribution in [2.75, 3.05) is 5.32 Å². The van der Waals surface area contributed by atoms with Crippen LogP contribution in [0.3, 0.4) is 0 Å². The number of rotatable bonds is 4. The average Bonchev–Trinajstić information content (AvgIpc) is 3.31. The molecule has 0 saturated heterocycles. The van der Waals surface area contributed by atoms with Crippen LogP contribution in [0, 0.1) is 6.92 Å². The van der Waals surface area contributed by atoms with E-state index in [0.717, 1.165) is 27.0 Å². The molecule has 0 saturated carbocycles. The summed E-state index contributed by atoms with van der Waals surface area (Å²) in [7, 11) is 0. The van der Waals surface area contributed by atoms with Gasteiger partial charge < -0.3 is 5.32 Å². The number of nitrogens with zero attached hydrogens (tertiary/aromatic N) is 4. The van der Waals surface area contributed by atoms with Gasteiger partial charge in [-0.1, -0.05) is 15.9 Å². The highest BCUT2D eigenvalue weighted by Gasteiger charge is 2.15. The molecule has 4 rings (SSSR count). The molecule has 0 aliphatic heterocycles. The van der Waals surface area contributed by atoms with E-state index in [4.69, 9.17) is 0 Å². The lowest BCUT2D eigenvalue weighted by atomic mass is 10.1. The van der Waals surface area contributed by atoms with E-state index in [-0.39, 0.29) is 5.91 Å². The third-order valence-electron chi connectivity index (χ3n) is 4.15. The Morgan fingerprint density at radius 2 is 1.89 bits per heavy atom. The zero-order valence-corrected chi connectivity index (χ0v) is 15.9. The monoisotopic (exact) mass is 422 g/mol. The number of H-pyrrole nitrogens is 1. The maximum atomic E-state index is 12.6. The molecule has 1 aromatic carbocycles. The molecule has 2 N–H and O–H groups in total. The van der Waals surface area contributed by atoms with Gasteiger partial charge in [-0.3, -0.25) is 14.9 Å². The smallest absolute Gasteiger partial charge is 0.260 e. The normalized spacial score (nSPS) is 10.7. The van der Waals surface area contributed by atoms with E-state index in [0.29, 0.717) is 11.4 Å². The number of halogens is 1. The van der Waals surface area contributed by atoms with E-state index in [1.165, 1.54) is 6.20 Å². The molecule has 27 heavy (non-hydrogen) atoms. The number of nitrogens with one attached hydrogen (secondary N) is 2. The molecule has 3 aromatic heterocycles. The number of anilines is 1. The second-order valence-corrected chi connectivity index (χ2v) is 6.83. The molecular weight excluding hydrogens is 408 g/mol. The first-order valence-electron chi connectivity index (χ1n) is 8.19. The van der Waals surface area contributed by atoms with Crippen LogP contribution >= 0.6 is 15.9 Å². The molecule has 0 spiro atoms. The molecule has 0 bridgehead atoms. The van der Waals surface area contributed by atoms with Crippen LogP contribution < -0.4 is 5.32 Å². The van der Waals surface area contributed by atoms with Crippen molar-refractivity contribution in [1.29, 1.82) is 0 Å². The average molecular weight is 423 g/mol. The fourth-order valence-electron chi connectivity index (χ4n) is 2.67. The zero-order chi connectivity index (χ0) is 18.8. The molecule has 0 atom stereocenters. The minimum absolute atomic E-state index is 0.269. The number of amides is 1. The van der Waals surface area contributed by atoms with Crippen LogP contribution in [-0.4, -0.2) is 30.9 Å². The van der Waals surface area contributed by atoms with Crippen molar-refractivity contribution in [2.45, 2.75) is 6.92 Å². The van der Waals surface area contributed by atoms with E-state index in [1.54, 1.807) is 23.3 Å². The van der Waals surface area contributed by atoms with Gasteiger partial charge in [-0.05, 0) is 43.3 Å². The summed E-state index contributed by atoms with van der Waals surface area (Å²) >= 11 is 3.40. The van der Waals surface area contributed by atoms with Gasteiger partial charge in [-0.2, -0.15) is 10.2 Å². The van der Waals surface area contributed by atoms with Gasteiger partial charge in [-0.15, -0.1) is 0 Å². The minimum Gasteiger partial charge on any atom is -0.305 e. The Balaban J connectivity index is 1.53. The lowest BCUT2D eigenvalue weighted by molar-refractivity contribution is 0.102. The Bertz CT molecular complexity index is 1090. The second kappa shape index (κ2) is 7.16. The molecule has 134 valence electrons. The number of carbonyl (C=O) groups excluding carboxylic acids is 1. The molecule has 0 unspecified atom stereocenters. The van der Waals surface area contributed by atoms with Gasteiger partial charge in [0.25, 0.3) is 5.91 Å². The number of carbonyl (C=O) groups is 1. The number of aromatic nitrogens is 5. The first kappa shape index (κ1) is 17.2. The van der Waals surface area contributed by atoms with Crippen molar-refractivity contribution in [3.63, 3.8) is 0 Å². The molecule has 1 amide bonds. The first-order valence-corrected chi connectivity index (χ1v) is 8.98. The summed E-state index contributed by atoms with van der Waals surface area (Å²) < 4.78 is 2.64. The number of pyridine rings is 1. The van der Waals surface area contributed by atoms with E-state index >= 15 is 0 Å². The van der Waals surface area contributed by atoms with Crippen LogP contribution in [0.2, 0.25) is 0 Å². The van der Waals surface area contributed by atoms with Crippen molar-refractivity contribution in [1.82, 2.24) is 25.0 Å². The standard InChI is InChI=1S/C19H15BrN6O/c1-12-17(13-6-8-21-9-7-13)24-25-18(12)23-19(27)14-10-22-26(11-14)16-4-2-15(20)3-5-16/h2-11H,1H3,(H2,23,24,25,27). The predicted octanol–water partition coefficient (Wildman–Crippen LogP) is 3.98. The van der Waals surface area contributed by atoms with Crippen LogP contribution in [0.4, 0.5) is 5.82 Å². The van der Waals surface area contributed by atoms with Crippen LogP contribution in [0.1, 0.15) is 15.9 Å². The van der Waals surface area contributed by atoms with Gasteiger partial charge in [0.15, 0.2) is 5.82 Å². The fraction of sp³-hybridized carbons (Fsp3) is 0.0526. The molecule has 3 heterocycles. The van der Waals surface area contributed by atoms with Crippen molar-refractivity contribution < 1.29 is 4.79 Å². The summed E-state index contributed by atoms with van der Waals surface area (Å²) in [6.45, 7) is 1.90. The number of benzene rings is 1. The SMILES string of the molecule is Cc1c(NC(=O)c2cnn(-c3ccc(Br)cc3)c2)n[nH]c1-c1ccncc1. The van der Waals surface area contributed by atoms with E-state index < -0.39 is 0 Å². The third kappa shape index (κ3) is 3.52. The second-order valence-electron chi connectivity index (χ2n) is 5.91. The molecule has 0 aliphatic carbocycles. The van der Waals surface area contributed by atoms with Crippen LogP contribution in [0.25, 0.3) is 16.9 Å². The third-order valence-corrected chi connectivity index (χ3v) is 4.68. The lowest BCUT2D eigenvalue weighted by Crippen LogP contribution is -2.12. The van der Waals surface area contributed by atoms with Gasteiger partial charge in [-0.25, -0.2) is 4.68 Å². The number of hydrogen-bond acceptors (Lipinski definition) is 4. The van der Waals surface area contributed by atoms with Gasteiger partial charge in [0.1, 0.15) is 0 Å². The molecule has 7 nitrogen and oxygen atoms in total. The molecule has 0 fully saturated rings. The van der Waals surface area contributed by atoms with Crippen LogP contribution in [-0.2, 0) is 0 Å². The van der Waals surface area contributed by atoms with Crippen LogP contribution in [0.5, 0.6) is 0 Å². The predicted molar refractivity (Wildman–Crippen MR) is 106 cm³/mol. The summed E-state index contributed by atoms with van der Waals surface area (Å²) in [5.41, 5.74) is 3.98. The van der Waals surface area contributed by atoms with Crippen molar-refractivity contribution >= 4 is 27.7 Å². The molecule has 8 heteroatoms. The molecule has 0 aliphatic rings. The summed E-state index contributed by atoms with van der Waals surface area (Å²) in [6, 6.07) is 11.4. The Hall–Kier alpha value is -3.26. The first-order chi connectivity index (χ1) is 13.1. The van der Waals surface area contributed by atoms with Gasteiger partial charge in [0.05, 0.1) is 23.1 Å². The number of hydrogen-bond donors (Lipinski definition) is 2. The molecule has 0 radical (unpaired) electrons. The van der Waals surface area contributed by atoms with Crippen molar-refractivity contribution in [3.05, 3.63) is 76.8 Å². The quantitative estimate of drug-likeness (QED) is 0.520. The number of aromatic amines is 1. The van der Waals surface area contributed by atoms with E-state index in [1.807, 2.05) is 43.3 Å². The van der Waals surface area contributed by atoms with Crippen molar-refractivity contribution in [2.24, 2.45) is 0 Å². The Labute approximate surface area is 163 Å². The summed E-state index contributed by atoms with van der Waals surface area (Å²) in [5, 5.41) is 14.3.